The minimum absolute atomic E-state index is 0.0634. The number of likely N-dealkylation sites (tertiary alicyclic amines) is 1. The Morgan fingerprint density at radius 3 is 2.47 bits per heavy atom. The number of hydrogen-bond donors (Lipinski definition) is 1. The van der Waals surface area contributed by atoms with Crippen molar-refractivity contribution in [1.82, 2.24) is 4.90 Å². The second kappa shape index (κ2) is 8.26. The highest BCUT2D eigenvalue weighted by molar-refractivity contribution is 6.23. The maximum absolute atomic E-state index is 13.7. The predicted molar refractivity (Wildman–Crippen MR) is 131 cm³/mol. The van der Waals surface area contributed by atoms with Crippen LogP contribution in [0.5, 0.6) is 5.75 Å². The van der Waals surface area contributed by atoms with Crippen LogP contribution in [0.4, 0.5) is 0 Å². The van der Waals surface area contributed by atoms with E-state index in [0.717, 1.165) is 11.1 Å². The summed E-state index contributed by atoms with van der Waals surface area (Å²) in [5.41, 5.74) is 3.70. The van der Waals surface area contributed by atoms with Crippen LogP contribution in [0.2, 0.25) is 0 Å². The molecule has 180 valence electrons. The van der Waals surface area contributed by atoms with Crippen molar-refractivity contribution >= 4 is 23.4 Å². The molecule has 0 aromatic heterocycles. The van der Waals surface area contributed by atoms with Gasteiger partial charge in [0.05, 0.1) is 18.4 Å². The Morgan fingerprint density at radius 1 is 0.944 bits per heavy atom. The maximum Gasteiger partial charge on any atom is 0.234 e. The van der Waals surface area contributed by atoms with E-state index in [4.69, 9.17) is 0 Å². The minimum atomic E-state index is -0.579. The zero-order valence-electron chi connectivity index (χ0n) is 19.8. The monoisotopic (exact) mass is 479 g/mol. The summed E-state index contributed by atoms with van der Waals surface area (Å²) in [5, 5.41) is 10.2. The van der Waals surface area contributed by atoms with Crippen LogP contribution in [0.3, 0.4) is 0 Å². The first kappa shape index (κ1) is 22.4. The summed E-state index contributed by atoms with van der Waals surface area (Å²) >= 11 is 0. The van der Waals surface area contributed by atoms with Crippen molar-refractivity contribution in [3.63, 3.8) is 0 Å². The van der Waals surface area contributed by atoms with Crippen molar-refractivity contribution in [2.24, 2.45) is 17.8 Å². The number of phenolic OH excluding ortho intramolecular Hbond substituents is 1. The second-order valence-corrected chi connectivity index (χ2v) is 10.1. The van der Waals surface area contributed by atoms with Gasteiger partial charge in [-0.1, -0.05) is 54.1 Å². The third-order valence-electron chi connectivity index (χ3n) is 8.04. The molecule has 4 unspecified atom stereocenters. The molecule has 0 radical (unpaired) electrons. The first-order chi connectivity index (χ1) is 17.3. The molecule has 0 bridgehead atoms. The Labute approximate surface area is 208 Å². The summed E-state index contributed by atoms with van der Waals surface area (Å²) < 4.78 is 0. The number of carbonyl (C=O) groups excluding carboxylic acids is 4. The number of carbonyl (C=O) groups is 4. The maximum atomic E-state index is 13.7. The molecule has 1 heterocycles. The Morgan fingerprint density at radius 2 is 1.72 bits per heavy atom. The highest BCUT2D eigenvalue weighted by atomic mass is 16.3. The van der Waals surface area contributed by atoms with Crippen LogP contribution in [0.1, 0.15) is 36.8 Å². The zero-order valence-corrected chi connectivity index (χ0v) is 19.8. The Kier molecular flexibility index (Phi) is 5.14. The number of hydrogen-bond acceptors (Lipinski definition) is 5. The summed E-state index contributed by atoms with van der Waals surface area (Å²) in [4.78, 5) is 54.9. The molecule has 6 heteroatoms. The average Bonchev–Trinajstić information content (AvgIpc) is 3.11. The average molecular weight is 480 g/mol. The highest BCUT2D eigenvalue weighted by Gasteiger charge is 2.56. The number of nitrogens with zero attached hydrogens (tertiary/aromatic N) is 1. The van der Waals surface area contributed by atoms with Gasteiger partial charge >= 0.3 is 0 Å². The minimum Gasteiger partial charge on any atom is -0.508 e. The van der Waals surface area contributed by atoms with Crippen LogP contribution in [0.25, 0.3) is 0 Å². The number of aromatic hydroxyl groups is 1. The van der Waals surface area contributed by atoms with Crippen LogP contribution >= 0.6 is 0 Å². The van der Waals surface area contributed by atoms with Gasteiger partial charge in [-0.2, -0.15) is 0 Å². The first-order valence-corrected chi connectivity index (χ1v) is 12.2. The predicted octanol–water partition coefficient (Wildman–Crippen LogP) is 4.02. The number of allylic oxidation sites excluding steroid dienone is 6. The molecule has 4 atom stereocenters. The summed E-state index contributed by atoms with van der Waals surface area (Å²) in [6.07, 6.45) is 4.03. The molecule has 1 N–H and O–H groups in total. The van der Waals surface area contributed by atoms with Crippen LogP contribution < -0.4 is 0 Å². The molecule has 4 aliphatic rings. The van der Waals surface area contributed by atoms with Gasteiger partial charge in [0.15, 0.2) is 11.6 Å². The molecule has 0 saturated carbocycles. The number of Topliss-reactive ketones (excluding diaryl/α,β-unsaturated/α-hetero) is 1. The van der Waals surface area contributed by atoms with Gasteiger partial charge in [0, 0.05) is 22.6 Å². The standard InChI is InChI=1S/C30H25NO5/c1-16-12-24(33)27-23(28(16)34)14-22-20(25(27)18-8-5-9-19(32)13-18)10-11-21-26(22)30(36)31(29(21)35)15-17-6-3-2-4-7-17/h2-10,12-13,21-22,25-26,32H,11,14-15H2,1H3. The zero-order chi connectivity index (χ0) is 25.1. The number of amides is 2. The molecule has 6 rings (SSSR count). The molecule has 2 aromatic rings. The highest BCUT2D eigenvalue weighted by Crippen LogP contribution is 2.55. The fourth-order valence-corrected chi connectivity index (χ4v) is 6.45. The third kappa shape index (κ3) is 3.32. The molecular weight excluding hydrogens is 454 g/mol. The number of benzene rings is 2. The molecule has 1 saturated heterocycles. The van der Waals surface area contributed by atoms with Crippen molar-refractivity contribution < 1.29 is 24.3 Å². The van der Waals surface area contributed by atoms with Gasteiger partial charge in [0.1, 0.15) is 5.75 Å². The second-order valence-electron chi connectivity index (χ2n) is 10.1. The first-order valence-electron chi connectivity index (χ1n) is 12.2. The number of phenols is 1. The van der Waals surface area contributed by atoms with E-state index < -0.39 is 17.8 Å². The van der Waals surface area contributed by atoms with E-state index in [1.54, 1.807) is 25.1 Å². The molecule has 1 aliphatic heterocycles. The largest absolute Gasteiger partial charge is 0.508 e. The van der Waals surface area contributed by atoms with Crippen LogP contribution in [-0.2, 0) is 25.7 Å². The van der Waals surface area contributed by atoms with Crippen molar-refractivity contribution in [3.05, 3.63) is 100 Å². The smallest absolute Gasteiger partial charge is 0.234 e. The summed E-state index contributed by atoms with van der Waals surface area (Å²) in [6.45, 7) is 1.85. The lowest BCUT2D eigenvalue weighted by molar-refractivity contribution is -0.140. The number of rotatable bonds is 3. The topological polar surface area (TPSA) is 91.8 Å². The van der Waals surface area contributed by atoms with Crippen LogP contribution in [0, 0.1) is 17.8 Å². The summed E-state index contributed by atoms with van der Waals surface area (Å²) in [7, 11) is 0. The molecule has 2 amide bonds. The molecule has 3 aliphatic carbocycles. The summed E-state index contributed by atoms with van der Waals surface area (Å²) in [5.74, 6) is -2.70. The van der Waals surface area contributed by atoms with Gasteiger partial charge in [-0.05, 0) is 55.0 Å². The van der Waals surface area contributed by atoms with E-state index in [1.165, 1.54) is 11.0 Å². The molecular formula is C30H25NO5. The van der Waals surface area contributed by atoms with E-state index in [0.29, 0.717) is 28.7 Å². The lowest BCUT2D eigenvalue weighted by Crippen LogP contribution is -2.39. The third-order valence-corrected chi connectivity index (χ3v) is 8.04. The van der Waals surface area contributed by atoms with Crippen LogP contribution in [-0.4, -0.2) is 33.4 Å². The summed E-state index contributed by atoms with van der Waals surface area (Å²) in [6, 6.07) is 16.1. The van der Waals surface area contributed by atoms with Crippen LogP contribution in [0.15, 0.2) is 89.0 Å². The van der Waals surface area contributed by atoms with E-state index >= 15 is 0 Å². The van der Waals surface area contributed by atoms with Gasteiger partial charge in [-0.3, -0.25) is 24.1 Å². The van der Waals surface area contributed by atoms with Gasteiger partial charge in [-0.15, -0.1) is 0 Å². The van der Waals surface area contributed by atoms with Gasteiger partial charge in [-0.25, -0.2) is 0 Å². The van der Waals surface area contributed by atoms with E-state index in [-0.39, 0.29) is 48.0 Å². The SMILES string of the molecule is CC1=CC(=O)C2=C(CC3C(=CCC4C(=O)N(Cc5ccccc5)C(=O)C43)C2c2cccc(O)c2)C1=O. The number of fused-ring (bicyclic) bond motifs is 3. The fourth-order valence-electron chi connectivity index (χ4n) is 6.45. The van der Waals surface area contributed by atoms with Crippen molar-refractivity contribution in [1.29, 1.82) is 0 Å². The molecule has 0 spiro atoms. The van der Waals surface area contributed by atoms with Gasteiger partial charge in [0.2, 0.25) is 11.8 Å². The van der Waals surface area contributed by atoms with Crippen molar-refractivity contribution in [2.75, 3.05) is 0 Å². The van der Waals surface area contributed by atoms with E-state index in [9.17, 15) is 24.3 Å². The van der Waals surface area contributed by atoms with Crippen molar-refractivity contribution in [2.45, 2.75) is 32.2 Å². The lowest BCUT2D eigenvalue weighted by atomic mass is 9.59. The van der Waals surface area contributed by atoms with E-state index in [1.807, 2.05) is 42.5 Å². The lowest BCUT2D eigenvalue weighted by Gasteiger charge is -2.42. The molecule has 36 heavy (non-hydrogen) atoms. The Bertz CT molecular complexity index is 1430. The van der Waals surface area contributed by atoms with Gasteiger partial charge < -0.3 is 5.11 Å². The number of ketones is 2. The Hall–Kier alpha value is -4.06. The van der Waals surface area contributed by atoms with Crippen molar-refractivity contribution in [3.8, 4) is 5.75 Å². The Balaban J connectivity index is 1.45. The quantitative estimate of drug-likeness (QED) is 0.408. The fraction of sp³-hybridized carbons (Fsp3) is 0.267. The molecule has 6 nitrogen and oxygen atoms in total. The van der Waals surface area contributed by atoms with E-state index in [2.05, 4.69) is 0 Å². The number of imide groups is 1. The van der Waals surface area contributed by atoms with Gasteiger partial charge in [0.25, 0.3) is 0 Å². The molecule has 2 aromatic carbocycles. The normalized spacial score (nSPS) is 27.4. The molecule has 1 fully saturated rings.